The average molecular weight is 234 g/mol. The standard InChI is InChI=1S/C14H20O.C2H6/c1-10(2)6-7-13-11(3)8-12(15)9-14(13,4)5;1-2/h6-7H,1,8-9H2,2-5H3;1-2H3/b7-6+;. The van der Waals surface area contributed by atoms with E-state index in [0.717, 1.165) is 5.57 Å². The van der Waals surface area contributed by atoms with Gasteiger partial charge in [-0.25, -0.2) is 0 Å². The van der Waals surface area contributed by atoms with Crippen LogP contribution in [0.25, 0.3) is 0 Å². The monoisotopic (exact) mass is 234 g/mol. The second-order valence-electron chi connectivity index (χ2n) is 5.15. The van der Waals surface area contributed by atoms with E-state index in [2.05, 4.69) is 33.4 Å². The SMILES string of the molecule is C=C(C)/C=C/C1=C(C)CC(=O)CC1(C)C.CC. The van der Waals surface area contributed by atoms with E-state index in [4.69, 9.17) is 0 Å². The summed E-state index contributed by atoms with van der Waals surface area (Å²) in [6.45, 7) is 16.1. The molecule has 0 saturated heterocycles. The minimum absolute atomic E-state index is 0.0225. The van der Waals surface area contributed by atoms with Gasteiger partial charge in [0, 0.05) is 12.8 Å². The van der Waals surface area contributed by atoms with E-state index >= 15 is 0 Å². The lowest BCUT2D eigenvalue weighted by molar-refractivity contribution is -0.120. The van der Waals surface area contributed by atoms with Crippen LogP contribution < -0.4 is 0 Å². The van der Waals surface area contributed by atoms with Crippen molar-refractivity contribution in [3.8, 4) is 0 Å². The second kappa shape index (κ2) is 6.58. The highest BCUT2D eigenvalue weighted by Gasteiger charge is 2.30. The van der Waals surface area contributed by atoms with Crippen molar-refractivity contribution in [2.24, 2.45) is 5.41 Å². The largest absolute Gasteiger partial charge is 0.299 e. The molecule has 0 aliphatic heterocycles. The third kappa shape index (κ3) is 4.72. The van der Waals surface area contributed by atoms with Crippen molar-refractivity contribution in [2.75, 3.05) is 0 Å². The smallest absolute Gasteiger partial charge is 0.137 e. The molecule has 0 amide bonds. The molecule has 0 radical (unpaired) electrons. The van der Waals surface area contributed by atoms with Gasteiger partial charge < -0.3 is 0 Å². The normalized spacial score (nSPS) is 19.1. The second-order valence-corrected chi connectivity index (χ2v) is 5.15. The van der Waals surface area contributed by atoms with E-state index in [1.807, 2.05) is 26.8 Å². The number of hydrogen-bond donors (Lipinski definition) is 0. The van der Waals surface area contributed by atoms with Crippen molar-refractivity contribution in [3.05, 3.63) is 35.5 Å². The first-order valence-electron chi connectivity index (χ1n) is 6.38. The van der Waals surface area contributed by atoms with Gasteiger partial charge in [-0.15, -0.1) is 0 Å². The Labute approximate surface area is 106 Å². The van der Waals surface area contributed by atoms with Crippen LogP contribution in [0.3, 0.4) is 0 Å². The molecule has 96 valence electrons. The first kappa shape index (κ1) is 15.9. The number of allylic oxidation sites excluding steroid dienone is 5. The zero-order valence-corrected chi connectivity index (χ0v) is 12.2. The summed E-state index contributed by atoms with van der Waals surface area (Å²) in [4.78, 5) is 11.5. The van der Waals surface area contributed by atoms with Gasteiger partial charge in [-0.05, 0) is 24.8 Å². The summed E-state index contributed by atoms with van der Waals surface area (Å²) in [5, 5.41) is 0. The van der Waals surface area contributed by atoms with Crippen LogP contribution in [0.4, 0.5) is 0 Å². The highest BCUT2D eigenvalue weighted by Crippen LogP contribution is 2.39. The fourth-order valence-corrected chi connectivity index (χ4v) is 2.21. The number of ketones is 1. The summed E-state index contributed by atoms with van der Waals surface area (Å²) in [6.07, 6.45) is 5.40. The lowest BCUT2D eigenvalue weighted by Crippen LogP contribution is -2.25. The molecule has 0 aromatic carbocycles. The van der Waals surface area contributed by atoms with Gasteiger partial charge in [0.25, 0.3) is 0 Å². The van der Waals surface area contributed by atoms with E-state index in [1.54, 1.807) is 0 Å². The van der Waals surface area contributed by atoms with Crippen LogP contribution in [0, 0.1) is 5.41 Å². The highest BCUT2D eigenvalue weighted by atomic mass is 16.1. The lowest BCUT2D eigenvalue weighted by Gasteiger charge is -2.32. The van der Waals surface area contributed by atoms with Crippen molar-refractivity contribution < 1.29 is 4.79 Å². The fourth-order valence-electron chi connectivity index (χ4n) is 2.21. The van der Waals surface area contributed by atoms with E-state index in [1.165, 1.54) is 11.1 Å². The molecule has 1 aliphatic carbocycles. The number of hydrogen-bond acceptors (Lipinski definition) is 1. The Morgan fingerprint density at radius 2 is 1.88 bits per heavy atom. The Hall–Kier alpha value is -1.11. The average Bonchev–Trinajstić information content (AvgIpc) is 2.17. The number of rotatable bonds is 2. The summed E-state index contributed by atoms with van der Waals surface area (Å²) in [5.41, 5.74) is 3.52. The first-order chi connectivity index (χ1) is 7.83. The summed E-state index contributed by atoms with van der Waals surface area (Å²) in [5.74, 6) is 0.352. The van der Waals surface area contributed by atoms with Crippen LogP contribution in [-0.4, -0.2) is 5.78 Å². The molecule has 0 aromatic heterocycles. The Morgan fingerprint density at radius 3 is 2.29 bits per heavy atom. The Bertz CT molecular complexity index is 354. The molecule has 17 heavy (non-hydrogen) atoms. The molecule has 0 fully saturated rings. The van der Waals surface area contributed by atoms with Gasteiger partial charge >= 0.3 is 0 Å². The van der Waals surface area contributed by atoms with Crippen molar-refractivity contribution >= 4 is 5.78 Å². The van der Waals surface area contributed by atoms with Crippen molar-refractivity contribution in [1.82, 2.24) is 0 Å². The number of carbonyl (C=O) groups excluding carboxylic acids is 1. The third-order valence-corrected chi connectivity index (χ3v) is 2.82. The molecule has 0 unspecified atom stereocenters. The Balaban J connectivity index is 0.00000121. The van der Waals surface area contributed by atoms with Gasteiger partial charge in [0.05, 0.1) is 0 Å². The van der Waals surface area contributed by atoms with Crippen LogP contribution in [-0.2, 0) is 4.79 Å². The van der Waals surface area contributed by atoms with E-state index in [9.17, 15) is 4.79 Å². The third-order valence-electron chi connectivity index (χ3n) is 2.82. The zero-order chi connectivity index (χ0) is 13.6. The molecule has 1 heteroatoms. The molecule has 1 nitrogen and oxygen atoms in total. The van der Waals surface area contributed by atoms with E-state index in [0.29, 0.717) is 18.6 Å². The predicted molar refractivity (Wildman–Crippen MR) is 76.0 cm³/mol. The molecule has 0 spiro atoms. The molecule has 0 N–H and O–H groups in total. The van der Waals surface area contributed by atoms with Gasteiger partial charge in [0.1, 0.15) is 5.78 Å². The maximum Gasteiger partial charge on any atom is 0.137 e. The molecule has 1 rings (SSSR count). The minimum Gasteiger partial charge on any atom is -0.299 e. The molecule has 0 atom stereocenters. The molecule has 1 aliphatic rings. The van der Waals surface area contributed by atoms with E-state index < -0.39 is 0 Å². The van der Waals surface area contributed by atoms with Crippen molar-refractivity contribution in [3.63, 3.8) is 0 Å². The van der Waals surface area contributed by atoms with Gasteiger partial charge in [0.2, 0.25) is 0 Å². The zero-order valence-electron chi connectivity index (χ0n) is 12.2. The van der Waals surface area contributed by atoms with Gasteiger partial charge in [-0.2, -0.15) is 0 Å². The number of carbonyl (C=O) groups is 1. The van der Waals surface area contributed by atoms with Crippen LogP contribution in [0.2, 0.25) is 0 Å². The summed E-state index contributed by atoms with van der Waals surface area (Å²) in [6, 6.07) is 0. The van der Waals surface area contributed by atoms with Gasteiger partial charge in [-0.3, -0.25) is 4.79 Å². The molecular formula is C16H26O. The van der Waals surface area contributed by atoms with Gasteiger partial charge in [0.15, 0.2) is 0 Å². The van der Waals surface area contributed by atoms with Crippen LogP contribution in [0.5, 0.6) is 0 Å². The minimum atomic E-state index is -0.0225. The molecule has 0 aromatic rings. The molecule has 0 bridgehead atoms. The van der Waals surface area contributed by atoms with Crippen molar-refractivity contribution in [1.29, 1.82) is 0 Å². The molecular weight excluding hydrogens is 208 g/mol. The van der Waals surface area contributed by atoms with Crippen LogP contribution in [0.1, 0.15) is 54.4 Å². The summed E-state index contributed by atoms with van der Waals surface area (Å²) >= 11 is 0. The maximum absolute atomic E-state index is 11.5. The van der Waals surface area contributed by atoms with Crippen LogP contribution in [0.15, 0.2) is 35.5 Å². The quantitative estimate of drug-likeness (QED) is 0.624. The van der Waals surface area contributed by atoms with E-state index in [-0.39, 0.29) is 5.41 Å². The molecule has 0 heterocycles. The van der Waals surface area contributed by atoms with Gasteiger partial charge in [-0.1, -0.05) is 57.6 Å². The Kier molecular flexibility index (Phi) is 6.15. The summed E-state index contributed by atoms with van der Waals surface area (Å²) < 4.78 is 0. The Morgan fingerprint density at radius 1 is 1.35 bits per heavy atom. The topological polar surface area (TPSA) is 17.1 Å². The predicted octanol–water partition coefficient (Wildman–Crippen LogP) is 4.85. The van der Waals surface area contributed by atoms with Crippen molar-refractivity contribution in [2.45, 2.75) is 54.4 Å². The maximum atomic E-state index is 11.5. The van der Waals surface area contributed by atoms with Crippen LogP contribution >= 0.6 is 0 Å². The fraction of sp³-hybridized carbons (Fsp3) is 0.562. The summed E-state index contributed by atoms with van der Waals surface area (Å²) in [7, 11) is 0. The lowest BCUT2D eigenvalue weighted by atomic mass is 9.72. The first-order valence-corrected chi connectivity index (χ1v) is 6.38. The number of Topliss-reactive ketones (excluding diaryl/α,β-unsaturated/α-hetero) is 1. The highest BCUT2D eigenvalue weighted by molar-refractivity contribution is 5.84. The molecule has 0 saturated carbocycles.